The Balaban J connectivity index is 1.72. The molecule has 35 heavy (non-hydrogen) atoms. The summed E-state index contributed by atoms with van der Waals surface area (Å²) in [5.74, 6) is 0.307. The van der Waals surface area contributed by atoms with Gasteiger partial charge >= 0.3 is 0 Å². The lowest BCUT2D eigenvalue weighted by molar-refractivity contribution is 0.0589. The maximum atomic E-state index is 13.8. The number of carbonyl (C=O) groups excluding carboxylic acids is 2. The van der Waals surface area contributed by atoms with E-state index in [2.05, 4.69) is 28.1 Å². The minimum absolute atomic E-state index is 0.0418. The molecule has 1 heterocycles. The fraction of sp³-hybridized carbons (Fsp3) is 0.286. The fourth-order valence-corrected chi connectivity index (χ4v) is 4.93. The number of hydrogen-bond acceptors (Lipinski definition) is 3. The molecule has 0 spiro atoms. The van der Waals surface area contributed by atoms with Crippen molar-refractivity contribution in [1.29, 1.82) is 0 Å². The number of amides is 2. The topological polar surface area (TPSA) is 49.9 Å². The van der Waals surface area contributed by atoms with Crippen LogP contribution in [0.4, 0.5) is 0 Å². The second-order valence-electron chi connectivity index (χ2n) is 8.71. The van der Waals surface area contributed by atoms with Crippen molar-refractivity contribution < 1.29 is 14.3 Å². The molecule has 3 aromatic rings. The number of ether oxygens (including phenoxy) is 1. The zero-order valence-corrected chi connectivity index (χ0v) is 22.0. The van der Waals surface area contributed by atoms with Crippen LogP contribution >= 0.6 is 27.5 Å². The summed E-state index contributed by atoms with van der Waals surface area (Å²) in [6, 6.07) is 22.5. The summed E-state index contributed by atoms with van der Waals surface area (Å²) < 4.78 is 7.02. The summed E-state index contributed by atoms with van der Waals surface area (Å²) in [5, 5.41) is 0.479. The molecule has 4 rings (SSSR count). The predicted octanol–water partition coefficient (Wildman–Crippen LogP) is 6.10. The number of nitrogens with zero attached hydrogens (tertiary/aromatic N) is 2. The summed E-state index contributed by atoms with van der Waals surface area (Å²) in [7, 11) is 1.78. The highest BCUT2D eigenvalue weighted by molar-refractivity contribution is 9.10. The van der Waals surface area contributed by atoms with E-state index >= 15 is 0 Å². The highest BCUT2D eigenvalue weighted by atomic mass is 79.9. The zero-order valence-electron chi connectivity index (χ0n) is 19.6. The Morgan fingerprint density at radius 3 is 2.51 bits per heavy atom. The monoisotopic (exact) mass is 554 g/mol. The first kappa shape index (κ1) is 25.3. The summed E-state index contributed by atoms with van der Waals surface area (Å²) in [4.78, 5) is 30.5. The molecular formula is C28H28BrClN2O3. The Hall–Kier alpha value is -2.83. The summed E-state index contributed by atoms with van der Waals surface area (Å²) in [6.45, 7) is 1.39. The van der Waals surface area contributed by atoms with E-state index in [1.54, 1.807) is 30.1 Å². The van der Waals surface area contributed by atoms with Gasteiger partial charge < -0.3 is 14.5 Å². The van der Waals surface area contributed by atoms with Gasteiger partial charge in [-0.05, 0) is 71.1 Å². The van der Waals surface area contributed by atoms with Gasteiger partial charge in [-0.2, -0.15) is 0 Å². The highest BCUT2D eigenvalue weighted by Gasteiger charge is 2.28. The second-order valence-corrected chi connectivity index (χ2v) is 10.00. The van der Waals surface area contributed by atoms with E-state index in [-0.39, 0.29) is 24.5 Å². The molecule has 0 saturated heterocycles. The molecule has 0 aromatic heterocycles. The van der Waals surface area contributed by atoms with Gasteiger partial charge in [-0.25, -0.2) is 0 Å². The van der Waals surface area contributed by atoms with Gasteiger partial charge in [0.1, 0.15) is 12.4 Å². The molecule has 1 atom stereocenters. The van der Waals surface area contributed by atoms with Crippen molar-refractivity contribution in [2.24, 2.45) is 0 Å². The molecule has 1 aliphatic rings. The van der Waals surface area contributed by atoms with E-state index in [4.69, 9.17) is 16.3 Å². The molecule has 0 bridgehead atoms. The molecule has 0 aliphatic carbocycles. The van der Waals surface area contributed by atoms with Gasteiger partial charge in [-0.3, -0.25) is 9.59 Å². The molecule has 3 aromatic carbocycles. The maximum Gasteiger partial charge on any atom is 0.257 e. The lowest BCUT2D eigenvalue weighted by Crippen LogP contribution is -2.46. The maximum absolute atomic E-state index is 13.8. The van der Waals surface area contributed by atoms with E-state index in [1.807, 2.05) is 47.4 Å². The molecule has 2 amide bonds. The van der Waals surface area contributed by atoms with E-state index in [0.717, 1.165) is 22.9 Å². The Labute approximate surface area is 219 Å². The number of fused-ring (bicyclic) bond motifs is 1. The molecule has 1 aliphatic heterocycles. The third-order valence-corrected chi connectivity index (χ3v) is 7.14. The molecule has 5 nitrogen and oxygen atoms in total. The van der Waals surface area contributed by atoms with Crippen molar-refractivity contribution in [3.05, 3.63) is 99.0 Å². The molecule has 7 heteroatoms. The minimum Gasteiger partial charge on any atom is -0.491 e. The number of hydrogen-bond donors (Lipinski definition) is 0. The zero-order chi connectivity index (χ0) is 24.8. The van der Waals surface area contributed by atoms with Crippen LogP contribution in [0.1, 0.15) is 39.1 Å². The standard InChI is InChI=1S/C28H28BrClN2O3/c1-31-15-7-8-16-32(28(34)23-11-5-6-12-25(23)29)22(17-20-9-3-2-4-10-20)19-35-26-14-13-21(30)18-24(26)27(31)33/h2-6,9-14,18,22H,7-8,15-17,19H2,1H3/t22-/m1/s1. The summed E-state index contributed by atoms with van der Waals surface area (Å²) in [6.07, 6.45) is 2.17. The van der Waals surface area contributed by atoms with Crippen LogP contribution in [0.2, 0.25) is 5.02 Å². The fourth-order valence-electron chi connectivity index (χ4n) is 4.30. The first-order valence-corrected chi connectivity index (χ1v) is 12.9. The van der Waals surface area contributed by atoms with Crippen LogP contribution in [0.3, 0.4) is 0 Å². The van der Waals surface area contributed by atoms with Crippen LogP contribution < -0.4 is 4.74 Å². The Morgan fingerprint density at radius 2 is 1.74 bits per heavy atom. The van der Waals surface area contributed by atoms with E-state index in [9.17, 15) is 9.59 Å². The first-order valence-electron chi connectivity index (χ1n) is 11.7. The van der Waals surface area contributed by atoms with Crippen molar-refractivity contribution >= 4 is 39.3 Å². The molecule has 0 unspecified atom stereocenters. The van der Waals surface area contributed by atoms with Gasteiger partial charge in [0.2, 0.25) is 0 Å². The van der Waals surface area contributed by atoms with Crippen LogP contribution in [0.25, 0.3) is 0 Å². The lowest BCUT2D eigenvalue weighted by Gasteiger charge is -2.33. The van der Waals surface area contributed by atoms with Gasteiger partial charge in [0.15, 0.2) is 0 Å². The Bertz CT molecular complexity index is 1190. The third kappa shape index (κ3) is 6.24. The predicted molar refractivity (Wildman–Crippen MR) is 142 cm³/mol. The average Bonchev–Trinajstić information content (AvgIpc) is 2.86. The smallest absolute Gasteiger partial charge is 0.257 e. The van der Waals surface area contributed by atoms with Crippen LogP contribution in [-0.2, 0) is 6.42 Å². The van der Waals surface area contributed by atoms with Gasteiger partial charge in [0.25, 0.3) is 11.8 Å². The van der Waals surface area contributed by atoms with Crippen LogP contribution in [-0.4, -0.2) is 54.4 Å². The van der Waals surface area contributed by atoms with Crippen LogP contribution in [0.15, 0.2) is 77.3 Å². The lowest BCUT2D eigenvalue weighted by atomic mass is 10.0. The quantitative estimate of drug-likeness (QED) is 0.392. The number of benzene rings is 3. The van der Waals surface area contributed by atoms with Crippen molar-refractivity contribution in [1.82, 2.24) is 9.80 Å². The Morgan fingerprint density at radius 1 is 1.03 bits per heavy atom. The van der Waals surface area contributed by atoms with E-state index in [1.165, 1.54) is 0 Å². The summed E-state index contributed by atoms with van der Waals surface area (Å²) >= 11 is 9.76. The summed E-state index contributed by atoms with van der Waals surface area (Å²) in [5.41, 5.74) is 2.17. The van der Waals surface area contributed by atoms with Crippen LogP contribution in [0.5, 0.6) is 5.75 Å². The van der Waals surface area contributed by atoms with Gasteiger partial charge in [0, 0.05) is 29.6 Å². The van der Waals surface area contributed by atoms with Crippen molar-refractivity contribution in [3.8, 4) is 5.75 Å². The molecule has 0 saturated carbocycles. The largest absolute Gasteiger partial charge is 0.491 e. The molecule has 0 fully saturated rings. The number of rotatable bonds is 3. The van der Waals surface area contributed by atoms with Crippen molar-refractivity contribution in [3.63, 3.8) is 0 Å². The highest BCUT2D eigenvalue weighted by Crippen LogP contribution is 2.27. The average molecular weight is 556 g/mol. The second kappa shape index (κ2) is 11.7. The third-order valence-electron chi connectivity index (χ3n) is 6.21. The molecule has 0 radical (unpaired) electrons. The molecule has 182 valence electrons. The van der Waals surface area contributed by atoms with Crippen molar-refractivity contribution in [2.75, 3.05) is 26.7 Å². The molecular weight excluding hydrogens is 528 g/mol. The van der Waals surface area contributed by atoms with Gasteiger partial charge in [0.05, 0.1) is 17.2 Å². The van der Waals surface area contributed by atoms with Crippen LogP contribution in [0, 0.1) is 0 Å². The minimum atomic E-state index is -0.229. The van der Waals surface area contributed by atoms with E-state index in [0.29, 0.717) is 41.4 Å². The van der Waals surface area contributed by atoms with Gasteiger partial charge in [-0.15, -0.1) is 0 Å². The number of carbonyl (C=O) groups is 2. The first-order chi connectivity index (χ1) is 16.9. The SMILES string of the molecule is CN1CCCCN(C(=O)c2ccccc2Br)[C@H](Cc2ccccc2)COc2ccc(Cl)cc2C1=O. The van der Waals surface area contributed by atoms with E-state index < -0.39 is 0 Å². The Kier molecular flexibility index (Phi) is 8.47. The van der Waals surface area contributed by atoms with Gasteiger partial charge in [-0.1, -0.05) is 54.1 Å². The normalized spacial score (nSPS) is 17.1. The molecule has 0 N–H and O–H groups in total. The van der Waals surface area contributed by atoms with Crippen molar-refractivity contribution in [2.45, 2.75) is 25.3 Å². The number of halogens is 2.